The molecule has 0 aromatic heterocycles. The van der Waals surface area contributed by atoms with E-state index in [4.69, 9.17) is 17.0 Å². The van der Waals surface area contributed by atoms with Crippen LogP contribution in [0.2, 0.25) is 0 Å². The van der Waals surface area contributed by atoms with Gasteiger partial charge in [-0.25, -0.2) is 0 Å². The number of rotatable bonds is 8. The number of thioether (sulfide) groups is 1. The van der Waals surface area contributed by atoms with Crippen molar-refractivity contribution in [2.75, 3.05) is 25.7 Å². The quantitative estimate of drug-likeness (QED) is 0.549. The van der Waals surface area contributed by atoms with Crippen LogP contribution in [0.25, 0.3) is 0 Å². The van der Waals surface area contributed by atoms with Gasteiger partial charge in [0.05, 0.1) is 13.2 Å². The molecule has 0 fully saturated rings. The SMILES string of the molecule is COc1ccc([C@@H](NC(=S)NCCCSC)c2ccccc2)cc1. The summed E-state index contributed by atoms with van der Waals surface area (Å²) in [6.07, 6.45) is 3.22. The highest BCUT2D eigenvalue weighted by atomic mass is 32.2. The number of nitrogens with one attached hydrogen (secondary N) is 2. The predicted molar refractivity (Wildman–Crippen MR) is 108 cm³/mol. The summed E-state index contributed by atoms with van der Waals surface area (Å²) in [5.41, 5.74) is 2.33. The van der Waals surface area contributed by atoms with E-state index in [2.05, 4.69) is 41.2 Å². The first-order valence-corrected chi connectivity index (χ1v) is 9.77. The highest BCUT2D eigenvalue weighted by Gasteiger charge is 2.15. The molecule has 3 nitrogen and oxygen atoms in total. The lowest BCUT2D eigenvalue weighted by Crippen LogP contribution is -2.38. The second-order valence-electron chi connectivity index (χ2n) is 5.36. The van der Waals surface area contributed by atoms with Crippen LogP contribution in [0.4, 0.5) is 0 Å². The maximum absolute atomic E-state index is 5.47. The second-order valence-corrected chi connectivity index (χ2v) is 6.76. The molecule has 24 heavy (non-hydrogen) atoms. The Hall–Kier alpha value is -1.72. The number of hydrogen-bond acceptors (Lipinski definition) is 3. The van der Waals surface area contributed by atoms with E-state index in [1.807, 2.05) is 42.1 Å². The third-order valence-corrected chi connectivity index (χ3v) is 4.63. The molecule has 0 aliphatic heterocycles. The molecule has 0 unspecified atom stereocenters. The van der Waals surface area contributed by atoms with Crippen molar-refractivity contribution < 1.29 is 4.74 Å². The molecular formula is C19H24N2OS2. The Morgan fingerprint density at radius 1 is 1.08 bits per heavy atom. The van der Waals surface area contributed by atoms with E-state index in [9.17, 15) is 0 Å². The average Bonchev–Trinajstić information content (AvgIpc) is 2.64. The topological polar surface area (TPSA) is 33.3 Å². The zero-order valence-corrected chi connectivity index (χ0v) is 15.8. The standard InChI is InChI=1S/C19H24N2OS2/c1-22-17-11-9-16(10-12-17)18(15-7-4-3-5-8-15)21-19(23)20-13-6-14-24-2/h3-5,7-12,18H,6,13-14H2,1-2H3,(H2,20,21,23)/t18-/m0/s1. The molecule has 0 amide bonds. The first-order valence-electron chi connectivity index (χ1n) is 7.97. The molecule has 0 heterocycles. The normalized spacial score (nSPS) is 11.6. The van der Waals surface area contributed by atoms with Gasteiger partial charge in [0, 0.05) is 6.54 Å². The number of methoxy groups -OCH3 is 1. The minimum absolute atomic E-state index is 0.0117. The summed E-state index contributed by atoms with van der Waals surface area (Å²) >= 11 is 7.32. The fraction of sp³-hybridized carbons (Fsp3) is 0.316. The van der Waals surface area contributed by atoms with Crippen LogP contribution in [0.1, 0.15) is 23.6 Å². The van der Waals surface area contributed by atoms with Gasteiger partial charge in [-0.05, 0) is 53.9 Å². The van der Waals surface area contributed by atoms with E-state index in [0.717, 1.165) is 30.0 Å². The maximum atomic E-state index is 5.47. The molecule has 2 rings (SSSR count). The highest BCUT2D eigenvalue weighted by molar-refractivity contribution is 7.98. The van der Waals surface area contributed by atoms with Gasteiger partial charge in [-0.3, -0.25) is 0 Å². The van der Waals surface area contributed by atoms with Gasteiger partial charge in [-0.15, -0.1) is 0 Å². The molecule has 0 aliphatic rings. The lowest BCUT2D eigenvalue weighted by atomic mass is 9.99. The summed E-state index contributed by atoms with van der Waals surface area (Å²) in [5, 5.41) is 7.41. The Morgan fingerprint density at radius 2 is 1.75 bits per heavy atom. The Morgan fingerprint density at radius 3 is 2.38 bits per heavy atom. The number of thiocarbonyl (C=S) groups is 1. The molecule has 0 saturated carbocycles. The van der Waals surface area contributed by atoms with Crippen LogP contribution in [0.5, 0.6) is 5.75 Å². The van der Waals surface area contributed by atoms with E-state index >= 15 is 0 Å². The average molecular weight is 361 g/mol. The highest BCUT2D eigenvalue weighted by Crippen LogP contribution is 2.24. The van der Waals surface area contributed by atoms with Gasteiger partial charge in [-0.2, -0.15) is 11.8 Å². The monoisotopic (exact) mass is 360 g/mol. The van der Waals surface area contributed by atoms with E-state index in [0.29, 0.717) is 5.11 Å². The van der Waals surface area contributed by atoms with Gasteiger partial charge in [-0.1, -0.05) is 42.5 Å². The molecule has 0 spiro atoms. The van der Waals surface area contributed by atoms with Crippen LogP contribution in [0.15, 0.2) is 54.6 Å². The van der Waals surface area contributed by atoms with Crippen molar-refractivity contribution in [1.82, 2.24) is 10.6 Å². The number of hydrogen-bond donors (Lipinski definition) is 2. The molecule has 0 bridgehead atoms. The van der Waals surface area contributed by atoms with Gasteiger partial charge < -0.3 is 15.4 Å². The summed E-state index contributed by atoms with van der Waals surface area (Å²) in [4.78, 5) is 0. The van der Waals surface area contributed by atoms with Crippen LogP contribution in [-0.2, 0) is 0 Å². The number of benzene rings is 2. The van der Waals surface area contributed by atoms with Crippen molar-refractivity contribution in [3.8, 4) is 5.75 Å². The van der Waals surface area contributed by atoms with E-state index in [-0.39, 0.29) is 6.04 Å². The third-order valence-electron chi connectivity index (χ3n) is 3.67. The minimum atomic E-state index is 0.0117. The summed E-state index contributed by atoms with van der Waals surface area (Å²) in [6.45, 7) is 0.886. The molecule has 0 radical (unpaired) electrons. The fourth-order valence-electron chi connectivity index (χ4n) is 2.40. The predicted octanol–water partition coefficient (Wildman–Crippen LogP) is 4.00. The Kier molecular flexibility index (Phi) is 7.92. The van der Waals surface area contributed by atoms with Gasteiger partial charge in [0.2, 0.25) is 0 Å². The summed E-state index contributed by atoms with van der Waals surface area (Å²) < 4.78 is 5.25. The van der Waals surface area contributed by atoms with E-state index < -0.39 is 0 Å². The Labute approximate surface area is 154 Å². The maximum Gasteiger partial charge on any atom is 0.167 e. The van der Waals surface area contributed by atoms with E-state index in [1.165, 1.54) is 5.56 Å². The molecule has 5 heteroatoms. The zero-order valence-electron chi connectivity index (χ0n) is 14.1. The lowest BCUT2D eigenvalue weighted by molar-refractivity contribution is 0.414. The van der Waals surface area contributed by atoms with Crippen LogP contribution in [-0.4, -0.2) is 30.8 Å². The van der Waals surface area contributed by atoms with Crippen molar-refractivity contribution in [3.63, 3.8) is 0 Å². The molecule has 2 N–H and O–H groups in total. The van der Waals surface area contributed by atoms with Gasteiger partial charge >= 0.3 is 0 Å². The largest absolute Gasteiger partial charge is 0.497 e. The lowest BCUT2D eigenvalue weighted by Gasteiger charge is -2.22. The van der Waals surface area contributed by atoms with Crippen LogP contribution in [0.3, 0.4) is 0 Å². The Balaban J connectivity index is 2.10. The molecule has 0 aliphatic carbocycles. The smallest absolute Gasteiger partial charge is 0.167 e. The third kappa shape index (κ3) is 5.73. The van der Waals surface area contributed by atoms with Crippen molar-refractivity contribution in [3.05, 3.63) is 65.7 Å². The van der Waals surface area contributed by atoms with E-state index in [1.54, 1.807) is 7.11 Å². The molecular weight excluding hydrogens is 336 g/mol. The van der Waals surface area contributed by atoms with Crippen molar-refractivity contribution in [2.45, 2.75) is 12.5 Å². The molecule has 128 valence electrons. The second kappa shape index (κ2) is 10.2. The first kappa shape index (κ1) is 18.6. The van der Waals surface area contributed by atoms with Crippen molar-refractivity contribution >= 4 is 29.1 Å². The molecule has 2 aromatic rings. The summed E-state index contributed by atoms with van der Waals surface area (Å²) in [5.74, 6) is 1.99. The fourth-order valence-corrected chi connectivity index (χ4v) is 3.05. The van der Waals surface area contributed by atoms with Crippen molar-refractivity contribution in [2.24, 2.45) is 0 Å². The molecule has 1 atom stereocenters. The van der Waals surface area contributed by atoms with Gasteiger partial charge in [0.1, 0.15) is 5.75 Å². The van der Waals surface area contributed by atoms with Crippen LogP contribution in [0, 0.1) is 0 Å². The Bertz CT molecular complexity index is 617. The van der Waals surface area contributed by atoms with Gasteiger partial charge in [0.25, 0.3) is 0 Å². The summed E-state index contributed by atoms with van der Waals surface area (Å²) in [7, 11) is 1.68. The molecule has 2 aromatic carbocycles. The zero-order chi connectivity index (χ0) is 17.2. The molecule has 0 saturated heterocycles. The first-order chi connectivity index (χ1) is 11.7. The van der Waals surface area contributed by atoms with Crippen LogP contribution < -0.4 is 15.4 Å². The summed E-state index contributed by atoms with van der Waals surface area (Å²) in [6, 6.07) is 18.4. The van der Waals surface area contributed by atoms with Crippen molar-refractivity contribution in [1.29, 1.82) is 0 Å². The minimum Gasteiger partial charge on any atom is -0.497 e. The number of ether oxygens (including phenoxy) is 1. The van der Waals surface area contributed by atoms with Gasteiger partial charge in [0.15, 0.2) is 5.11 Å². The van der Waals surface area contributed by atoms with Crippen LogP contribution >= 0.6 is 24.0 Å².